The molecule has 0 aliphatic heterocycles. The molecule has 0 unspecified atom stereocenters. The van der Waals surface area contributed by atoms with Crippen molar-refractivity contribution in [2.75, 3.05) is 0 Å². The van der Waals surface area contributed by atoms with Crippen LogP contribution in [0.25, 0.3) is 6.08 Å². The molecular formula is C26H36N2O2. The van der Waals surface area contributed by atoms with Crippen molar-refractivity contribution in [3.05, 3.63) is 34.7 Å². The van der Waals surface area contributed by atoms with Gasteiger partial charge in [0.05, 0.1) is 11.8 Å². The van der Waals surface area contributed by atoms with Gasteiger partial charge in [0.25, 0.3) is 0 Å². The third-order valence-electron chi connectivity index (χ3n) is 9.36. The van der Waals surface area contributed by atoms with Gasteiger partial charge < -0.3 is 5.11 Å². The van der Waals surface area contributed by atoms with Crippen LogP contribution >= 0.6 is 0 Å². The number of allylic oxidation sites excluding steroid dienone is 2. The van der Waals surface area contributed by atoms with Crippen LogP contribution < -0.4 is 0 Å². The fraction of sp³-hybridized carbons (Fsp3) is 0.692. The number of ketones is 1. The number of aliphatic hydroxyl groups is 1. The van der Waals surface area contributed by atoms with E-state index in [0.29, 0.717) is 23.5 Å². The van der Waals surface area contributed by atoms with Gasteiger partial charge in [-0.1, -0.05) is 25.5 Å². The van der Waals surface area contributed by atoms with E-state index >= 15 is 0 Å². The molecule has 0 saturated heterocycles. The fourth-order valence-electron chi connectivity index (χ4n) is 7.47. The van der Waals surface area contributed by atoms with Gasteiger partial charge in [-0.2, -0.15) is 5.10 Å². The molecular weight excluding hydrogens is 372 g/mol. The highest BCUT2D eigenvalue weighted by Gasteiger charge is 2.59. The topological polar surface area (TPSA) is 55.1 Å². The van der Waals surface area contributed by atoms with E-state index in [-0.39, 0.29) is 16.9 Å². The summed E-state index contributed by atoms with van der Waals surface area (Å²) in [7, 11) is 0. The summed E-state index contributed by atoms with van der Waals surface area (Å²) in [6.07, 6.45) is 13.5. The Balaban J connectivity index is 1.48. The lowest BCUT2D eigenvalue weighted by Gasteiger charge is -2.56. The van der Waals surface area contributed by atoms with E-state index in [9.17, 15) is 9.90 Å². The van der Waals surface area contributed by atoms with Gasteiger partial charge in [0.1, 0.15) is 0 Å². The van der Waals surface area contributed by atoms with Gasteiger partial charge in [0.2, 0.25) is 0 Å². The first-order chi connectivity index (χ1) is 14.3. The highest BCUT2D eigenvalue weighted by molar-refractivity contribution is 6.06. The number of aryl methyl sites for hydroxylation is 2. The molecule has 30 heavy (non-hydrogen) atoms. The molecule has 1 N–H and O–H groups in total. The number of nitrogens with zero attached hydrogens (tertiary/aromatic N) is 2. The van der Waals surface area contributed by atoms with Crippen molar-refractivity contribution in [2.45, 2.75) is 85.3 Å². The highest BCUT2D eigenvalue weighted by Crippen LogP contribution is 2.64. The van der Waals surface area contributed by atoms with Gasteiger partial charge in [0.15, 0.2) is 5.78 Å². The van der Waals surface area contributed by atoms with Crippen molar-refractivity contribution in [1.82, 2.24) is 9.78 Å². The van der Waals surface area contributed by atoms with Crippen molar-refractivity contribution >= 4 is 11.9 Å². The summed E-state index contributed by atoms with van der Waals surface area (Å²) in [4.78, 5) is 13.6. The molecule has 0 amide bonds. The predicted octanol–water partition coefficient (Wildman–Crippen LogP) is 5.10. The zero-order valence-electron chi connectivity index (χ0n) is 18.9. The maximum absolute atomic E-state index is 13.6. The van der Waals surface area contributed by atoms with Crippen LogP contribution in [0.3, 0.4) is 0 Å². The van der Waals surface area contributed by atoms with Crippen LogP contribution in [0.5, 0.6) is 0 Å². The summed E-state index contributed by atoms with van der Waals surface area (Å²) < 4.78 is 1.96. The molecule has 162 valence electrons. The number of rotatable bonds is 2. The zero-order valence-corrected chi connectivity index (χ0v) is 18.9. The molecule has 5 rings (SSSR count). The molecule has 4 aliphatic carbocycles. The van der Waals surface area contributed by atoms with Crippen molar-refractivity contribution in [3.63, 3.8) is 0 Å². The average Bonchev–Trinajstić information content (AvgIpc) is 3.20. The quantitative estimate of drug-likeness (QED) is 0.547. The van der Waals surface area contributed by atoms with Crippen molar-refractivity contribution < 1.29 is 9.90 Å². The van der Waals surface area contributed by atoms with E-state index < -0.39 is 0 Å². The maximum atomic E-state index is 13.6. The zero-order chi connectivity index (χ0) is 21.3. The van der Waals surface area contributed by atoms with Gasteiger partial charge in [-0.3, -0.25) is 9.48 Å². The van der Waals surface area contributed by atoms with Crippen LogP contribution in [0.4, 0.5) is 0 Å². The van der Waals surface area contributed by atoms with Crippen LogP contribution in [-0.4, -0.2) is 26.8 Å². The van der Waals surface area contributed by atoms with E-state index in [1.807, 2.05) is 11.6 Å². The minimum atomic E-state index is -0.211. The smallest absolute Gasteiger partial charge is 0.165 e. The predicted molar refractivity (Wildman–Crippen MR) is 119 cm³/mol. The molecule has 0 bridgehead atoms. The standard InChI is InChI=1S/C26H36N2O2/c1-5-28-15-18(16(2)27-28)12-17-13-23-21-7-6-19-14-20(29)8-10-25(19,3)22(21)9-11-26(23,4)24(17)30/h6,12,15,20-23,29H,5,7-11,13-14H2,1-4H3/b17-12+/t20-,21+,22-,23-,25+,26-/m1/s1. The van der Waals surface area contributed by atoms with Gasteiger partial charge in [-0.25, -0.2) is 0 Å². The lowest BCUT2D eigenvalue weighted by atomic mass is 9.48. The lowest BCUT2D eigenvalue weighted by molar-refractivity contribution is -0.130. The molecule has 4 heteroatoms. The van der Waals surface area contributed by atoms with Gasteiger partial charge in [-0.15, -0.1) is 0 Å². The number of carbonyl (C=O) groups excluding carboxylic acids is 1. The Morgan fingerprint density at radius 1 is 1.20 bits per heavy atom. The second-order valence-corrected chi connectivity index (χ2v) is 10.8. The molecule has 6 atom stereocenters. The Morgan fingerprint density at radius 2 is 1.97 bits per heavy atom. The summed E-state index contributed by atoms with van der Waals surface area (Å²) in [6.45, 7) is 9.67. The van der Waals surface area contributed by atoms with E-state index in [4.69, 9.17) is 0 Å². The van der Waals surface area contributed by atoms with E-state index in [1.165, 1.54) is 5.57 Å². The molecule has 0 aromatic carbocycles. The summed E-state index contributed by atoms with van der Waals surface area (Å²) in [5.41, 5.74) is 4.62. The third-order valence-corrected chi connectivity index (χ3v) is 9.36. The fourth-order valence-corrected chi connectivity index (χ4v) is 7.47. The normalized spacial score (nSPS) is 42.0. The highest BCUT2D eigenvalue weighted by atomic mass is 16.3. The SMILES string of the molecule is CCn1cc(/C=C2\C[C@@H]3[C@H]4CC=C5C[C@H](O)CC[C@]5(C)[C@@H]4CC[C@@]3(C)C2=O)c(C)n1. The molecule has 4 nitrogen and oxygen atoms in total. The van der Waals surface area contributed by atoms with Gasteiger partial charge in [-0.05, 0) is 93.6 Å². The number of carbonyl (C=O) groups is 1. The number of aromatic nitrogens is 2. The number of hydrogen-bond acceptors (Lipinski definition) is 3. The van der Waals surface area contributed by atoms with Crippen LogP contribution in [0.1, 0.15) is 77.0 Å². The summed E-state index contributed by atoms with van der Waals surface area (Å²) in [6, 6.07) is 0. The summed E-state index contributed by atoms with van der Waals surface area (Å²) >= 11 is 0. The first-order valence-electron chi connectivity index (χ1n) is 11.9. The molecule has 0 radical (unpaired) electrons. The van der Waals surface area contributed by atoms with Crippen molar-refractivity contribution in [1.29, 1.82) is 0 Å². The molecule has 3 fully saturated rings. The lowest BCUT2D eigenvalue weighted by Crippen LogP contribution is -2.50. The van der Waals surface area contributed by atoms with Crippen LogP contribution in [0.2, 0.25) is 0 Å². The molecule has 0 spiro atoms. The van der Waals surface area contributed by atoms with Crippen LogP contribution in [0.15, 0.2) is 23.4 Å². The van der Waals surface area contributed by atoms with Crippen LogP contribution in [-0.2, 0) is 11.3 Å². The van der Waals surface area contributed by atoms with E-state index in [1.54, 1.807) is 0 Å². The summed E-state index contributed by atoms with van der Waals surface area (Å²) in [5.74, 6) is 2.06. The second-order valence-electron chi connectivity index (χ2n) is 10.8. The molecule has 1 aromatic heterocycles. The Labute approximate surface area is 180 Å². The second kappa shape index (κ2) is 6.91. The van der Waals surface area contributed by atoms with Gasteiger partial charge >= 0.3 is 0 Å². The number of fused-ring (bicyclic) bond motifs is 5. The Hall–Kier alpha value is -1.68. The molecule has 1 aromatic rings. The Kier molecular flexibility index (Phi) is 4.66. The number of hydrogen-bond donors (Lipinski definition) is 1. The van der Waals surface area contributed by atoms with E-state index in [2.05, 4.69) is 44.2 Å². The number of aliphatic hydroxyl groups excluding tert-OH is 1. The van der Waals surface area contributed by atoms with Crippen LogP contribution in [0, 0.1) is 35.5 Å². The van der Waals surface area contributed by atoms with Gasteiger partial charge in [0, 0.05) is 23.7 Å². The monoisotopic (exact) mass is 408 g/mol. The minimum absolute atomic E-state index is 0.162. The Morgan fingerprint density at radius 3 is 2.70 bits per heavy atom. The number of Topliss-reactive ketones (excluding diaryl/α,β-unsaturated/α-hetero) is 1. The first-order valence-corrected chi connectivity index (χ1v) is 11.9. The largest absolute Gasteiger partial charge is 0.393 e. The first kappa shape index (κ1) is 20.2. The molecule has 3 saturated carbocycles. The summed E-state index contributed by atoms with van der Waals surface area (Å²) in [5, 5.41) is 14.8. The van der Waals surface area contributed by atoms with Crippen molar-refractivity contribution in [3.8, 4) is 0 Å². The molecule has 1 heterocycles. The average molecular weight is 409 g/mol. The minimum Gasteiger partial charge on any atom is -0.393 e. The Bertz CT molecular complexity index is 941. The maximum Gasteiger partial charge on any atom is 0.165 e. The van der Waals surface area contributed by atoms with E-state index in [0.717, 1.165) is 68.3 Å². The molecule has 4 aliphatic rings. The van der Waals surface area contributed by atoms with Crippen molar-refractivity contribution in [2.24, 2.45) is 28.6 Å². The third kappa shape index (κ3) is 2.82.